The first-order valence-corrected chi connectivity index (χ1v) is 6.29. The summed E-state index contributed by atoms with van der Waals surface area (Å²) in [5.74, 6) is 0.137. The molecule has 0 fully saturated rings. The second-order valence-electron chi connectivity index (χ2n) is 4.09. The van der Waals surface area contributed by atoms with E-state index in [2.05, 4.69) is 0 Å². The second kappa shape index (κ2) is 3.99. The van der Waals surface area contributed by atoms with E-state index in [0.29, 0.717) is 10.3 Å². The molecule has 90 valence electrons. The summed E-state index contributed by atoms with van der Waals surface area (Å²) in [6.45, 7) is 1.98. The first-order valence-electron chi connectivity index (χ1n) is 5.48. The molecule has 0 bridgehead atoms. The summed E-state index contributed by atoms with van der Waals surface area (Å²) in [5.41, 5.74) is 3.32. The van der Waals surface area contributed by atoms with Gasteiger partial charge in [-0.3, -0.25) is 0 Å². The molecule has 3 aromatic rings. The van der Waals surface area contributed by atoms with E-state index in [4.69, 9.17) is 4.42 Å². The molecule has 2 aromatic carbocycles. The average molecular weight is 258 g/mol. The van der Waals surface area contributed by atoms with Crippen molar-refractivity contribution >= 4 is 21.6 Å². The number of phenols is 1. The Kier molecular flexibility index (Phi) is 2.45. The van der Waals surface area contributed by atoms with Gasteiger partial charge in [-0.05, 0) is 24.1 Å². The van der Waals surface area contributed by atoms with Crippen molar-refractivity contribution in [1.29, 1.82) is 0 Å². The first-order chi connectivity index (χ1) is 8.65. The van der Waals surface area contributed by atoms with E-state index in [0.717, 1.165) is 28.0 Å². The monoisotopic (exact) mass is 258 g/mol. The van der Waals surface area contributed by atoms with Gasteiger partial charge in [0.15, 0.2) is 5.58 Å². The fourth-order valence-corrected chi connectivity index (χ4v) is 2.77. The summed E-state index contributed by atoms with van der Waals surface area (Å²) in [5, 5.41) is 9.74. The van der Waals surface area contributed by atoms with Gasteiger partial charge < -0.3 is 9.52 Å². The van der Waals surface area contributed by atoms with Gasteiger partial charge in [0, 0.05) is 11.6 Å². The highest BCUT2D eigenvalue weighted by atomic mass is 32.1. The molecule has 1 N–H and O–H groups in total. The lowest BCUT2D eigenvalue weighted by molar-refractivity contribution is 0.476. The Morgan fingerprint density at radius 1 is 1.17 bits per heavy atom. The maximum Gasteiger partial charge on any atom is 0.396 e. The van der Waals surface area contributed by atoms with Gasteiger partial charge in [-0.2, -0.15) is 0 Å². The van der Waals surface area contributed by atoms with Gasteiger partial charge in [0.2, 0.25) is 0 Å². The summed E-state index contributed by atoms with van der Waals surface area (Å²) in [7, 11) is 0. The molecule has 0 saturated heterocycles. The summed E-state index contributed by atoms with van der Waals surface area (Å²) in [6.07, 6.45) is 0. The van der Waals surface area contributed by atoms with Gasteiger partial charge in [0.25, 0.3) is 0 Å². The van der Waals surface area contributed by atoms with Crippen molar-refractivity contribution in [2.24, 2.45) is 0 Å². The lowest BCUT2D eigenvalue weighted by Gasteiger charge is -2.06. The van der Waals surface area contributed by atoms with Crippen molar-refractivity contribution in [1.82, 2.24) is 0 Å². The molecule has 0 amide bonds. The maximum absolute atomic E-state index is 11.3. The molecular formula is C14H10O3S. The van der Waals surface area contributed by atoms with E-state index in [9.17, 15) is 9.90 Å². The molecule has 0 aliphatic rings. The molecule has 0 aliphatic heterocycles. The maximum atomic E-state index is 11.3. The van der Waals surface area contributed by atoms with Gasteiger partial charge in [0.1, 0.15) is 5.75 Å². The highest BCUT2D eigenvalue weighted by Gasteiger charge is 2.13. The molecule has 0 atom stereocenters. The fraction of sp³-hybridized carbons (Fsp3) is 0.0714. The molecule has 4 heteroatoms. The number of phenolic OH excluding ortho intramolecular Hbond substituents is 1. The lowest BCUT2D eigenvalue weighted by atomic mass is 10.00. The van der Waals surface area contributed by atoms with Gasteiger partial charge >= 0.3 is 4.94 Å². The van der Waals surface area contributed by atoms with Gasteiger partial charge in [-0.25, -0.2) is 4.79 Å². The van der Waals surface area contributed by atoms with Crippen LogP contribution >= 0.6 is 11.3 Å². The van der Waals surface area contributed by atoms with Crippen LogP contribution in [0.3, 0.4) is 0 Å². The van der Waals surface area contributed by atoms with Crippen molar-refractivity contribution in [3.63, 3.8) is 0 Å². The minimum absolute atomic E-state index is 0.137. The quantitative estimate of drug-likeness (QED) is 0.726. The van der Waals surface area contributed by atoms with E-state index in [-0.39, 0.29) is 10.7 Å². The number of rotatable bonds is 1. The standard InChI is InChI=1S/C14H10O3S/c1-8-4-2-3-5-10(8)11-6-9(15)7-12-13(11)17-14(16)18-12/h2-7,15H,1H3. The molecule has 18 heavy (non-hydrogen) atoms. The number of hydrogen-bond acceptors (Lipinski definition) is 4. The Morgan fingerprint density at radius 3 is 2.72 bits per heavy atom. The van der Waals surface area contributed by atoms with Crippen molar-refractivity contribution in [2.45, 2.75) is 6.92 Å². The zero-order valence-electron chi connectivity index (χ0n) is 9.64. The normalized spacial score (nSPS) is 10.9. The van der Waals surface area contributed by atoms with Crippen LogP contribution in [0.2, 0.25) is 0 Å². The van der Waals surface area contributed by atoms with E-state index in [1.54, 1.807) is 12.1 Å². The second-order valence-corrected chi connectivity index (χ2v) is 5.07. The van der Waals surface area contributed by atoms with Gasteiger partial charge in [-0.15, -0.1) is 0 Å². The minimum Gasteiger partial charge on any atom is -0.508 e. The molecule has 0 radical (unpaired) electrons. The largest absolute Gasteiger partial charge is 0.508 e. The van der Waals surface area contributed by atoms with Crippen molar-refractivity contribution in [3.8, 4) is 16.9 Å². The highest BCUT2D eigenvalue weighted by molar-refractivity contribution is 7.16. The molecule has 1 aromatic heterocycles. The first kappa shape index (κ1) is 11.0. The summed E-state index contributed by atoms with van der Waals surface area (Å²) in [4.78, 5) is 11.0. The Balaban J connectivity index is 2.41. The predicted octanol–water partition coefficient (Wildman–Crippen LogP) is 3.54. The zero-order valence-corrected chi connectivity index (χ0v) is 10.5. The molecule has 0 spiro atoms. The Bertz CT molecular complexity index is 783. The van der Waals surface area contributed by atoms with E-state index in [1.165, 1.54) is 0 Å². The van der Waals surface area contributed by atoms with Crippen LogP contribution in [0.15, 0.2) is 45.6 Å². The van der Waals surface area contributed by atoms with Gasteiger partial charge in [-0.1, -0.05) is 35.6 Å². The highest BCUT2D eigenvalue weighted by Crippen LogP contribution is 2.35. The van der Waals surface area contributed by atoms with Crippen molar-refractivity contribution in [2.75, 3.05) is 0 Å². The van der Waals surface area contributed by atoms with Crippen LogP contribution in [0.1, 0.15) is 5.56 Å². The predicted molar refractivity (Wildman–Crippen MR) is 72.2 cm³/mol. The van der Waals surface area contributed by atoms with E-state index in [1.807, 2.05) is 31.2 Å². The lowest BCUT2D eigenvalue weighted by Crippen LogP contribution is -1.84. The third-order valence-corrected chi connectivity index (χ3v) is 3.63. The number of aromatic hydroxyl groups is 1. The molecule has 3 rings (SSSR count). The van der Waals surface area contributed by atoms with E-state index >= 15 is 0 Å². The number of benzene rings is 2. The van der Waals surface area contributed by atoms with Crippen LogP contribution in [0.25, 0.3) is 21.4 Å². The minimum atomic E-state index is -0.356. The van der Waals surface area contributed by atoms with E-state index < -0.39 is 0 Å². The molecule has 0 aliphatic carbocycles. The summed E-state index contributed by atoms with van der Waals surface area (Å²) >= 11 is 0.999. The summed E-state index contributed by atoms with van der Waals surface area (Å²) in [6, 6.07) is 11.0. The average Bonchev–Trinajstić information content (AvgIpc) is 2.69. The number of aryl methyl sites for hydroxylation is 1. The molecule has 0 saturated carbocycles. The third-order valence-electron chi connectivity index (χ3n) is 2.85. The van der Waals surface area contributed by atoms with Crippen molar-refractivity contribution < 1.29 is 9.52 Å². The summed E-state index contributed by atoms with van der Waals surface area (Å²) < 4.78 is 5.88. The van der Waals surface area contributed by atoms with Crippen LogP contribution in [0.5, 0.6) is 5.75 Å². The van der Waals surface area contributed by atoms with Crippen LogP contribution in [0.4, 0.5) is 0 Å². The molecule has 1 heterocycles. The molecule has 3 nitrogen and oxygen atoms in total. The van der Waals surface area contributed by atoms with Crippen LogP contribution in [0, 0.1) is 6.92 Å². The van der Waals surface area contributed by atoms with Crippen LogP contribution < -0.4 is 4.94 Å². The topological polar surface area (TPSA) is 50.4 Å². The SMILES string of the molecule is Cc1ccccc1-c1cc(O)cc2sc(=O)oc12. The molecule has 0 unspecified atom stereocenters. The smallest absolute Gasteiger partial charge is 0.396 e. The number of fused-ring (bicyclic) bond motifs is 1. The Morgan fingerprint density at radius 2 is 1.94 bits per heavy atom. The number of hydrogen-bond donors (Lipinski definition) is 1. The Hall–Kier alpha value is -2.07. The zero-order chi connectivity index (χ0) is 12.7. The van der Waals surface area contributed by atoms with Crippen molar-refractivity contribution in [3.05, 3.63) is 51.7 Å². The van der Waals surface area contributed by atoms with Gasteiger partial charge in [0.05, 0.1) is 4.70 Å². The molecular weight excluding hydrogens is 248 g/mol. The third kappa shape index (κ3) is 1.71. The fourth-order valence-electron chi connectivity index (χ4n) is 2.04. The van der Waals surface area contributed by atoms with Crippen LogP contribution in [-0.4, -0.2) is 5.11 Å². The Labute approximate surface area is 107 Å². The van der Waals surface area contributed by atoms with Crippen LogP contribution in [-0.2, 0) is 0 Å².